The number of nitrogens with zero attached hydrogens (tertiary/aromatic N) is 1. The second-order valence-electron chi connectivity index (χ2n) is 6.99. The highest BCUT2D eigenvalue weighted by Gasteiger charge is 2.14. The molecule has 3 aromatic carbocycles. The smallest absolute Gasteiger partial charge is 0.329 e. The summed E-state index contributed by atoms with van der Waals surface area (Å²) >= 11 is 15.4. The molecule has 0 fully saturated rings. The van der Waals surface area contributed by atoms with Crippen molar-refractivity contribution in [2.75, 3.05) is 12.4 Å². The zero-order valence-electron chi connectivity index (χ0n) is 18.2. The van der Waals surface area contributed by atoms with Gasteiger partial charge >= 0.3 is 11.8 Å². The lowest BCUT2D eigenvalue weighted by Crippen LogP contribution is -2.32. The molecule has 7 nitrogen and oxygen atoms in total. The molecule has 0 aromatic heterocycles. The van der Waals surface area contributed by atoms with Crippen molar-refractivity contribution in [2.45, 2.75) is 13.5 Å². The van der Waals surface area contributed by atoms with Gasteiger partial charge in [0.25, 0.3) is 0 Å². The molecule has 0 atom stereocenters. The molecule has 2 N–H and O–H groups in total. The Morgan fingerprint density at radius 1 is 0.971 bits per heavy atom. The highest BCUT2D eigenvalue weighted by Crippen LogP contribution is 2.30. The Hall–Kier alpha value is -3.07. The summed E-state index contributed by atoms with van der Waals surface area (Å²) in [6, 6.07) is 17.2. The molecule has 10 heteroatoms. The topological polar surface area (TPSA) is 89.0 Å². The normalized spacial score (nSPS) is 11.0. The first kappa shape index (κ1) is 25.6. The first-order chi connectivity index (χ1) is 16.3. The van der Waals surface area contributed by atoms with Crippen LogP contribution in [0.3, 0.4) is 0 Å². The standard InChI is InChI=1S/C24H20BrCl2N3O4/c1-14(29-30-24(32)23(31)28-19-8-5-17(25)6-9-19)15-4-10-21(22(11-15)33-2)34-13-16-3-7-18(26)12-20(16)27/h3-12H,13H2,1-2H3,(H,28,31)(H,30,32). The number of carbonyl (C=O) groups is 2. The molecule has 0 saturated heterocycles. The fourth-order valence-electron chi connectivity index (χ4n) is 2.78. The van der Waals surface area contributed by atoms with Crippen LogP contribution in [0.1, 0.15) is 18.1 Å². The molecule has 3 rings (SSSR count). The molecule has 2 amide bonds. The summed E-state index contributed by atoms with van der Waals surface area (Å²) in [5, 5.41) is 7.56. The quantitative estimate of drug-likeness (QED) is 0.215. The number of carbonyl (C=O) groups excluding carboxylic acids is 2. The van der Waals surface area contributed by atoms with Gasteiger partial charge in [-0.05, 0) is 61.5 Å². The van der Waals surface area contributed by atoms with Crippen LogP contribution >= 0.6 is 39.1 Å². The first-order valence-electron chi connectivity index (χ1n) is 9.93. The van der Waals surface area contributed by atoms with Crippen molar-refractivity contribution in [1.82, 2.24) is 5.43 Å². The molecular weight excluding hydrogens is 545 g/mol. The van der Waals surface area contributed by atoms with E-state index in [1.807, 2.05) is 0 Å². The number of hydrogen-bond donors (Lipinski definition) is 2. The number of halogens is 3. The van der Waals surface area contributed by atoms with E-state index in [4.69, 9.17) is 32.7 Å². The second kappa shape index (κ2) is 11.9. The average Bonchev–Trinajstić information content (AvgIpc) is 2.83. The molecule has 0 spiro atoms. The average molecular weight is 565 g/mol. The second-order valence-corrected chi connectivity index (χ2v) is 8.75. The number of hydrogen-bond acceptors (Lipinski definition) is 5. The first-order valence-corrected chi connectivity index (χ1v) is 11.5. The Balaban J connectivity index is 1.63. The lowest BCUT2D eigenvalue weighted by molar-refractivity contribution is -0.136. The molecule has 0 saturated carbocycles. The summed E-state index contributed by atoms with van der Waals surface area (Å²) in [5.74, 6) is -0.755. The van der Waals surface area contributed by atoms with Gasteiger partial charge in [0.15, 0.2) is 11.5 Å². The maximum atomic E-state index is 12.1. The van der Waals surface area contributed by atoms with Crippen LogP contribution in [0.5, 0.6) is 11.5 Å². The predicted molar refractivity (Wildman–Crippen MR) is 137 cm³/mol. The third-order valence-corrected chi connectivity index (χ3v) is 5.73. The molecule has 0 heterocycles. The van der Waals surface area contributed by atoms with Crippen molar-refractivity contribution < 1.29 is 19.1 Å². The van der Waals surface area contributed by atoms with Crippen LogP contribution in [0.15, 0.2) is 70.2 Å². The number of rotatable bonds is 7. The van der Waals surface area contributed by atoms with Crippen LogP contribution in [0.25, 0.3) is 0 Å². The Morgan fingerprint density at radius 2 is 1.71 bits per heavy atom. The maximum absolute atomic E-state index is 12.1. The largest absolute Gasteiger partial charge is 0.493 e. The van der Waals surface area contributed by atoms with Crippen molar-refractivity contribution in [1.29, 1.82) is 0 Å². The van der Waals surface area contributed by atoms with E-state index in [1.54, 1.807) is 67.6 Å². The van der Waals surface area contributed by atoms with Crippen molar-refractivity contribution in [2.24, 2.45) is 5.10 Å². The fraction of sp³-hybridized carbons (Fsp3) is 0.125. The van der Waals surface area contributed by atoms with Crippen molar-refractivity contribution in [3.8, 4) is 11.5 Å². The lowest BCUT2D eigenvalue weighted by Gasteiger charge is -2.13. The Labute approximate surface area is 215 Å². The van der Waals surface area contributed by atoms with Crippen LogP contribution in [0.2, 0.25) is 10.0 Å². The highest BCUT2D eigenvalue weighted by atomic mass is 79.9. The Bertz CT molecular complexity index is 1230. The summed E-state index contributed by atoms with van der Waals surface area (Å²) < 4.78 is 12.1. The third-order valence-electron chi connectivity index (χ3n) is 4.61. The van der Waals surface area contributed by atoms with E-state index in [-0.39, 0.29) is 6.61 Å². The van der Waals surface area contributed by atoms with Crippen LogP contribution in [0.4, 0.5) is 5.69 Å². The van der Waals surface area contributed by atoms with Gasteiger partial charge in [-0.25, -0.2) is 5.43 Å². The summed E-state index contributed by atoms with van der Waals surface area (Å²) in [5.41, 5.74) is 4.66. The maximum Gasteiger partial charge on any atom is 0.329 e. The molecular formula is C24H20BrCl2N3O4. The van der Waals surface area contributed by atoms with Crippen molar-refractivity contribution >= 4 is 62.3 Å². The molecule has 0 aliphatic carbocycles. The SMILES string of the molecule is COc1cc(C(C)=NNC(=O)C(=O)Nc2ccc(Br)cc2)ccc1OCc1ccc(Cl)cc1Cl. The molecule has 0 aliphatic heterocycles. The van der Waals surface area contributed by atoms with Crippen molar-refractivity contribution in [3.05, 3.63) is 86.3 Å². The van der Waals surface area contributed by atoms with Gasteiger partial charge in [0.2, 0.25) is 0 Å². The van der Waals surface area contributed by atoms with E-state index < -0.39 is 11.8 Å². The fourth-order valence-corrected chi connectivity index (χ4v) is 3.50. The van der Waals surface area contributed by atoms with Crippen LogP contribution in [-0.2, 0) is 16.2 Å². The van der Waals surface area contributed by atoms with E-state index in [1.165, 1.54) is 7.11 Å². The summed E-state index contributed by atoms with van der Waals surface area (Å²) in [4.78, 5) is 24.2. The number of methoxy groups -OCH3 is 1. The molecule has 0 aliphatic rings. The number of nitrogens with one attached hydrogen (secondary N) is 2. The van der Waals surface area contributed by atoms with E-state index in [2.05, 4.69) is 31.8 Å². The lowest BCUT2D eigenvalue weighted by atomic mass is 10.1. The van der Waals surface area contributed by atoms with E-state index >= 15 is 0 Å². The van der Waals surface area contributed by atoms with Crippen LogP contribution in [-0.4, -0.2) is 24.6 Å². The molecule has 34 heavy (non-hydrogen) atoms. The van der Waals surface area contributed by atoms with Gasteiger partial charge in [-0.15, -0.1) is 0 Å². The van der Waals surface area contributed by atoms with E-state index in [9.17, 15) is 9.59 Å². The minimum Gasteiger partial charge on any atom is -0.493 e. The van der Waals surface area contributed by atoms with Gasteiger partial charge in [0.1, 0.15) is 6.61 Å². The molecule has 3 aromatic rings. The summed E-state index contributed by atoms with van der Waals surface area (Å²) in [7, 11) is 1.52. The van der Waals surface area contributed by atoms with Crippen molar-refractivity contribution in [3.63, 3.8) is 0 Å². The van der Waals surface area contributed by atoms with Crippen LogP contribution < -0.4 is 20.2 Å². The van der Waals surface area contributed by atoms with Crippen LogP contribution in [0, 0.1) is 0 Å². The minimum absolute atomic E-state index is 0.225. The van der Waals surface area contributed by atoms with Gasteiger partial charge in [-0.1, -0.05) is 45.2 Å². The summed E-state index contributed by atoms with van der Waals surface area (Å²) in [6.07, 6.45) is 0. The zero-order chi connectivity index (χ0) is 24.7. The number of amides is 2. The van der Waals surface area contributed by atoms with Gasteiger partial charge in [0, 0.05) is 31.3 Å². The predicted octanol–water partition coefficient (Wildman–Crippen LogP) is 5.82. The third kappa shape index (κ3) is 6.96. The molecule has 0 bridgehead atoms. The molecule has 0 unspecified atom stereocenters. The van der Waals surface area contributed by atoms with Gasteiger partial charge in [0.05, 0.1) is 12.8 Å². The molecule has 176 valence electrons. The van der Waals surface area contributed by atoms with E-state index in [0.29, 0.717) is 38.5 Å². The monoisotopic (exact) mass is 563 g/mol. The summed E-state index contributed by atoms with van der Waals surface area (Å²) in [6.45, 7) is 1.91. The number of anilines is 1. The zero-order valence-corrected chi connectivity index (χ0v) is 21.3. The van der Waals surface area contributed by atoms with E-state index in [0.717, 1.165) is 10.0 Å². The van der Waals surface area contributed by atoms with Gasteiger partial charge in [-0.3, -0.25) is 9.59 Å². The van der Waals surface area contributed by atoms with Gasteiger partial charge in [-0.2, -0.15) is 5.10 Å². The number of hydrazone groups is 1. The number of benzene rings is 3. The highest BCUT2D eigenvalue weighted by molar-refractivity contribution is 9.10. The number of ether oxygens (including phenoxy) is 2. The Morgan fingerprint density at radius 3 is 2.38 bits per heavy atom. The van der Waals surface area contributed by atoms with Gasteiger partial charge < -0.3 is 14.8 Å². The minimum atomic E-state index is -0.894. The molecule has 0 radical (unpaired) electrons. The Kier molecular flexibility index (Phi) is 8.92.